The third-order valence-corrected chi connectivity index (χ3v) is 4.54. The van der Waals surface area contributed by atoms with Crippen molar-refractivity contribution in [1.29, 1.82) is 0 Å². The van der Waals surface area contributed by atoms with Gasteiger partial charge in [-0.25, -0.2) is 0 Å². The molecule has 1 aliphatic heterocycles. The van der Waals surface area contributed by atoms with Crippen LogP contribution in [0.5, 0.6) is 0 Å². The van der Waals surface area contributed by atoms with Gasteiger partial charge in [0.1, 0.15) is 0 Å². The van der Waals surface area contributed by atoms with Gasteiger partial charge in [-0.2, -0.15) is 0 Å². The van der Waals surface area contributed by atoms with Crippen LogP contribution in [0.15, 0.2) is 22.7 Å². The number of likely N-dealkylation sites (tertiary alicyclic amines) is 1. The van der Waals surface area contributed by atoms with Gasteiger partial charge in [0.15, 0.2) is 0 Å². The van der Waals surface area contributed by atoms with Crippen LogP contribution < -0.4 is 5.73 Å². The number of hydrogen-bond donors (Lipinski definition) is 1. The van der Waals surface area contributed by atoms with Gasteiger partial charge >= 0.3 is 0 Å². The Balaban J connectivity index is 2.43. The van der Waals surface area contributed by atoms with Crippen LogP contribution in [0.25, 0.3) is 0 Å². The molecule has 2 rings (SSSR count). The number of halogens is 2. The van der Waals surface area contributed by atoms with Gasteiger partial charge in [-0.3, -0.25) is 4.90 Å². The van der Waals surface area contributed by atoms with Crippen molar-refractivity contribution in [1.82, 2.24) is 4.90 Å². The van der Waals surface area contributed by atoms with Crippen LogP contribution in [-0.2, 0) is 0 Å². The summed E-state index contributed by atoms with van der Waals surface area (Å²) < 4.78 is 1.09. The molecular formula is C14H20BrClN2. The number of rotatable bonds is 1. The van der Waals surface area contributed by atoms with Crippen LogP contribution in [-0.4, -0.2) is 23.0 Å². The monoisotopic (exact) mass is 330 g/mol. The third-order valence-electron chi connectivity index (χ3n) is 3.58. The predicted octanol–water partition coefficient (Wildman–Crippen LogP) is 3.98. The van der Waals surface area contributed by atoms with E-state index in [-0.39, 0.29) is 17.6 Å². The standard InChI is InChI=1S/C14H20BrClN2/c1-14(2,3)18-7-6-12(17)13(18)10-8-9(16)4-5-11(10)15/h4-5,8,12-13H,6-7,17H2,1-3H3. The highest BCUT2D eigenvalue weighted by Crippen LogP contribution is 2.40. The van der Waals surface area contributed by atoms with Crippen LogP contribution in [0.3, 0.4) is 0 Å². The summed E-state index contributed by atoms with van der Waals surface area (Å²) in [7, 11) is 0. The molecule has 0 aliphatic carbocycles. The van der Waals surface area contributed by atoms with Gasteiger partial charge < -0.3 is 5.73 Å². The number of nitrogens with zero attached hydrogens (tertiary/aromatic N) is 1. The largest absolute Gasteiger partial charge is 0.326 e. The Morgan fingerprint density at radius 3 is 2.67 bits per heavy atom. The first-order valence-electron chi connectivity index (χ1n) is 6.28. The zero-order valence-corrected chi connectivity index (χ0v) is 13.4. The second kappa shape index (κ2) is 5.12. The minimum Gasteiger partial charge on any atom is -0.326 e. The molecule has 0 radical (unpaired) electrons. The molecule has 2 N–H and O–H groups in total. The minimum atomic E-state index is 0.112. The van der Waals surface area contributed by atoms with Gasteiger partial charge in [0, 0.05) is 27.6 Å². The maximum Gasteiger partial charge on any atom is 0.0516 e. The van der Waals surface area contributed by atoms with Crippen LogP contribution in [0.1, 0.15) is 38.8 Å². The Labute approximate surface area is 123 Å². The molecule has 18 heavy (non-hydrogen) atoms. The van der Waals surface area contributed by atoms with E-state index in [0.29, 0.717) is 0 Å². The summed E-state index contributed by atoms with van der Waals surface area (Å²) in [5.41, 5.74) is 7.62. The van der Waals surface area contributed by atoms with Crippen molar-refractivity contribution in [2.45, 2.75) is 44.8 Å². The molecule has 0 spiro atoms. The average Bonchev–Trinajstić information content (AvgIpc) is 2.63. The van der Waals surface area contributed by atoms with Crippen molar-refractivity contribution in [3.63, 3.8) is 0 Å². The second-order valence-electron chi connectivity index (χ2n) is 5.93. The lowest BCUT2D eigenvalue weighted by Crippen LogP contribution is -2.43. The molecule has 2 nitrogen and oxygen atoms in total. The molecule has 0 bridgehead atoms. The van der Waals surface area contributed by atoms with E-state index in [4.69, 9.17) is 17.3 Å². The summed E-state index contributed by atoms with van der Waals surface area (Å²) >= 11 is 9.75. The highest BCUT2D eigenvalue weighted by atomic mass is 79.9. The van der Waals surface area contributed by atoms with Crippen molar-refractivity contribution in [3.05, 3.63) is 33.3 Å². The Morgan fingerprint density at radius 2 is 2.06 bits per heavy atom. The summed E-state index contributed by atoms with van der Waals surface area (Å²) in [4.78, 5) is 2.47. The van der Waals surface area contributed by atoms with Gasteiger partial charge in [0.25, 0.3) is 0 Å². The lowest BCUT2D eigenvalue weighted by molar-refractivity contribution is 0.116. The molecule has 1 aromatic rings. The fourth-order valence-corrected chi connectivity index (χ4v) is 3.37. The normalized spacial score (nSPS) is 25.7. The van der Waals surface area contributed by atoms with Crippen molar-refractivity contribution in [2.75, 3.05) is 6.54 Å². The Hall–Kier alpha value is -0.0900. The van der Waals surface area contributed by atoms with Gasteiger partial charge in [-0.15, -0.1) is 0 Å². The topological polar surface area (TPSA) is 29.3 Å². The molecule has 0 amide bonds. The molecule has 2 unspecified atom stereocenters. The fourth-order valence-electron chi connectivity index (χ4n) is 2.71. The quantitative estimate of drug-likeness (QED) is 0.843. The average molecular weight is 332 g/mol. The van der Waals surface area contributed by atoms with Crippen molar-refractivity contribution < 1.29 is 0 Å². The molecule has 100 valence electrons. The second-order valence-corrected chi connectivity index (χ2v) is 7.22. The molecule has 1 aromatic carbocycles. The maximum atomic E-state index is 6.31. The van der Waals surface area contributed by atoms with Crippen molar-refractivity contribution in [3.8, 4) is 0 Å². The van der Waals surface area contributed by atoms with E-state index in [1.54, 1.807) is 0 Å². The molecule has 1 aliphatic rings. The molecule has 0 saturated carbocycles. The lowest BCUT2D eigenvalue weighted by atomic mass is 9.97. The number of benzene rings is 1. The maximum absolute atomic E-state index is 6.31. The zero-order chi connectivity index (χ0) is 13.5. The fraction of sp³-hybridized carbons (Fsp3) is 0.571. The smallest absolute Gasteiger partial charge is 0.0516 e. The number of nitrogens with two attached hydrogens (primary N) is 1. The van der Waals surface area contributed by atoms with Crippen LogP contribution in [0.4, 0.5) is 0 Å². The Bertz CT molecular complexity index is 442. The van der Waals surface area contributed by atoms with E-state index in [0.717, 1.165) is 22.5 Å². The molecular weight excluding hydrogens is 312 g/mol. The molecule has 0 aromatic heterocycles. The third kappa shape index (κ3) is 2.74. The van der Waals surface area contributed by atoms with E-state index < -0.39 is 0 Å². The summed E-state index contributed by atoms with van der Waals surface area (Å²) in [6.45, 7) is 7.73. The minimum absolute atomic E-state index is 0.112. The SMILES string of the molecule is CC(C)(C)N1CCC(N)C1c1cc(Cl)ccc1Br. The van der Waals surface area contributed by atoms with E-state index in [2.05, 4.69) is 41.6 Å². The van der Waals surface area contributed by atoms with Crippen molar-refractivity contribution >= 4 is 27.5 Å². The molecule has 2 atom stereocenters. The van der Waals surface area contributed by atoms with E-state index in [1.165, 1.54) is 5.56 Å². The summed E-state index contributed by atoms with van der Waals surface area (Å²) in [6.07, 6.45) is 1.03. The number of hydrogen-bond acceptors (Lipinski definition) is 2. The first-order valence-corrected chi connectivity index (χ1v) is 7.45. The first kappa shape index (κ1) is 14.3. The van der Waals surface area contributed by atoms with Gasteiger partial charge in [0.05, 0.1) is 6.04 Å². The highest BCUT2D eigenvalue weighted by Gasteiger charge is 2.39. The molecule has 1 saturated heterocycles. The Morgan fingerprint density at radius 1 is 1.39 bits per heavy atom. The van der Waals surface area contributed by atoms with E-state index >= 15 is 0 Å². The molecule has 1 heterocycles. The van der Waals surface area contributed by atoms with Gasteiger partial charge in [-0.05, 0) is 51.0 Å². The zero-order valence-electron chi connectivity index (χ0n) is 11.1. The van der Waals surface area contributed by atoms with Crippen LogP contribution in [0, 0.1) is 0 Å². The molecule has 4 heteroatoms. The van der Waals surface area contributed by atoms with Gasteiger partial charge in [-0.1, -0.05) is 27.5 Å². The Kier molecular flexibility index (Phi) is 4.07. The highest BCUT2D eigenvalue weighted by molar-refractivity contribution is 9.10. The van der Waals surface area contributed by atoms with Gasteiger partial charge in [0.2, 0.25) is 0 Å². The van der Waals surface area contributed by atoms with E-state index in [1.807, 2.05) is 18.2 Å². The summed E-state index contributed by atoms with van der Waals surface area (Å²) in [6, 6.07) is 6.33. The van der Waals surface area contributed by atoms with Crippen LogP contribution in [0.2, 0.25) is 5.02 Å². The first-order chi connectivity index (χ1) is 8.30. The summed E-state index contributed by atoms with van der Waals surface area (Å²) in [5.74, 6) is 0. The summed E-state index contributed by atoms with van der Waals surface area (Å²) in [5, 5.41) is 0.765. The lowest BCUT2D eigenvalue weighted by Gasteiger charge is -2.38. The van der Waals surface area contributed by atoms with Crippen molar-refractivity contribution in [2.24, 2.45) is 5.73 Å². The van der Waals surface area contributed by atoms with Crippen LogP contribution >= 0.6 is 27.5 Å². The van der Waals surface area contributed by atoms with E-state index in [9.17, 15) is 0 Å². The predicted molar refractivity (Wildman–Crippen MR) is 80.9 cm³/mol. The molecule has 1 fully saturated rings.